The molecule has 0 radical (unpaired) electrons. The molecule has 1 aromatic carbocycles. The van der Waals surface area contributed by atoms with Gasteiger partial charge in [-0.3, -0.25) is 4.79 Å². The number of anilines is 1. The minimum Gasteiger partial charge on any atom is -0.495 e. The molecule has 0 bridgehead atoms. The second-order valence-electron chi connectivity index (χ2n) is 6.49. The van der Waals surface area contributed by atoms with Crippen LogP contribution in [0.15, 0.2) is 54.7 Å². The lowest BCUT2D eigenvalue weighted by molar-refractivity contribution is 0.0748. The third-order valence-electron chi connectivity index (χ3n) is 4.77. The van der Waals surface area contributed by atoms with Crippen LogP contribution in [0.25, 0.3) is 10.4 Å². The molecule has 0 N–H and O–H groups in total. The SMILES string of the molecule is COc1cc(-c2ccccc2)sc1C(=O)N1CCN(c2ccc(Cl)cn2)CC1. The van der Waals surface area contributed by atoms with Crippen LogP contribution in [-0.2, 0) is 0 Å². The lowest BCUT2D eigenvalue weighted by Crippen LogP contribution is -2.48. The highest BCUT2D eigenvalue weighted by Gasteiger charge is 2.27. The molecule has 1 amide bonds. The first kappa shape index (κ1) is 18.8. The van der Waals surface area contributed by atoms with E-state index in [-0.39, 0.29) is 5.91 Å². The Morgan fingerprint density at radius 1 is 1.11 bits per heavy atom. The Bertz CT molecular complexity index is 952. The van der Waals surface area contributed by atoms with E-state index < -0.39 is 0 Å². The van der Waals surface area contributed by atoms with Crippen molar-refractivity contribution in [3.63, 3.8) is 0 Å². The summed E-state index contributed by atoms with van der Waals surface area (Å²) in [6.07, 6.45) is 1.65. The van der Waals surface area contributed by atoms with Crippen molar-refractivity contribution in [2.24, 2.45) is 0 Å². The maximum atomic E-state index is 13.1. The van der Waals surface area contributed by atoms with Crippen LogP contribution < -0.4 is 9.64 Å². The summed E-state index contributed by atoms with van der Waals surface area (Å²) in [4.78, 5) is 23.2. The first-order valence-electron chi connectivity index (χ1n) is 9.05. The second-order valence-corrected chi connectivity index (χ2v) is 7.98. The fraction of sp³-hybridized carbons (Fsp3) is 0.238. The number of carbonyl (C=O) groups excluding carboxylic acids is 1. The minimum absolute atomic E-state index is 0.0211. The van der Waals surface area contributed by atoms with Crippen molar-refractivity contribution >= 4 is 34.7 Å². The number of hydrogen-bond donors (Lipinski definition) is 0. The van der Waals surface area contributed by atoms with Crippen LogP contribution in [0.1, 0.15) is 9.67 Å². The zero-order chi connectivity index (χ0) is 19.5. The number of piperazine rings is 1. The largest absolute Gasteiger partial charge is 0.495 e. The number of pyridine rings is 1. The minimum atomic E-state index is 0.0211. The van der Waals surface area contributed by atoms with E-state index in [2.05, 4.69) is 9.88 Å². The molecular formula is C21H20ClN3O2S. The first-order valence-corrected chi connectivity index (χ1v) is 10.2. The molecule has 0 unspecified atom stereocenters. The maximum Gasteiger partial charge on any atom is 0.267 e. The molecule has 0 saturated carbocycles. The Labute approximate surface area is 173 Å². The smallest absolute Gasteiger partial charge is 0.267 e. The Morgan fingerprint density at radius 2 is 1.86 bits per heavy atom. The number of thiophene rings is 1. The number of rotatable bonds is 4. The van der Waals surface area contributed by atoms with Crippen molar-refractivity contribution < 1.29 is 9.53 Å². The molecule has 3 aromatic rings. The van der Waals surface area contributed by atoms with Gasteiger partial charge in [0.15, 0.2) is 0 Å². The Hall–Kier alpha value is -2.57. The summed E-state index contributed by atoms with van der Waals surface area (Å²) in [5.41, 5.74) is 1.09. The molecule has 0 atom stereocenters. The molecule has 2 aromatic heterocycles. The molecule has 7 heteroatoms. The van der Waals surface area contributed by atoms with E-state index in [1.165, 1.54) is 11.3 Å². The van der Waals surface area contributed by atoms with Crippen molar-refractivity contribution in [3.05, 3.63) is 64.6 Å². The van der Waals surface area contributed by atoms with Gasteiger partial charge in [0, 0.05) is 37.3 Å². The monoisotopic (exact) mass is 413 g/mol. The normalized spacial score (nSPS) is 14.2. The highest BCUT2D eigenvalue weighted by atomic mass is 35.5. The predicted octanol–water partition coefficient (Wildman–Crippen LogP) is 4.43. The maximum absolute atomic E-state index is 13.1. The van der Waals surface area contributed by atoms with Gasteiger partial charge in [0.05, 0.1) is 12.1 Å². The van der Waals surface area contributed by atoms with Crippen LogP contribution in [-0.4, -0.2) is 49.1 Å². The van der Waals surface area contributed by atoms with Crippen molar-refractivity contribution in [2.75, 3.05) is 38.2 Å². The van der Waals surface area contributed by atoms with Crippen LogP contribution in [0, 0.1) is 0 Å². The van der Waals surface area contributed by atoms with E-state index in [0.29, 0.717) is 28.7 Å². The summed E-state index contributed by atoms with van der Waals surface area (Å²) in [5.74, 6) is 1.54. The van der Waals surface area contributed by atoms with Gasteiger partial charge in [0.2, 0.25) is 0 Å². The van der Waals surface area contributed by atoms with Crippen molar-refractivity contribution in [2.45, 2.75) is 0 Å². The highest BCUT2D eigenvalue weighted by molar-refractivity contribution is 7.17. The van der Waals surface area contributed by atoms with Gasteiger partial charge in [-0.15, -0.1) is 11.3 Å². The highest BCUT2D eigenvalue weighted by Crippen LogP contribution is 2.37. The zero-order valence-corrected chi connectivity index (χ0v) is 17.0. The van der Waals surface area contributed by atoms with Crippen LogP contribution in [0.2, 0.25) is 5.02 Å². The lowest BCUT2D eigenvalue weighted by Gasteiger charge is -2.35. The number of benzene rings is 1. The summed E-state index contributed by atoms with van der Waals surface area (Å²) in [6.45, 7) is 2.76. The third-order valence-corrected chi connectivity index (χ3v) is 6.15. The van der Waals surface area contributed by atoms with E-state index in [0.717, 1.165) is 29.3 Å². The molecule has 0 spiro atoms. The van der Waals surface area contributed by atoms with Gasteiger partial charge < -0.3 is 14.5 Å². The average Bonchev–Trinajstić information content (AvgIpc) is 3.19. The number of methoxy groups -OCH3 is 1. The van der Waals surface area contributed by atoms with Gasteiger partial charge >= 0.3 is 0 Å². The van der Waals surface area contributed by atoms with Gasteiger partial charge in [-0.2, -0.15) is 0 Å². The summed E-state index contributed by atoms with van der Waals surface area (Å²) in [5, 5.41) is 0.622. The molecule has 1 saturated heterocycles. The molecular weight excluding hydrogens is 394 g/mol. The Balaban J connectivity index is 1.48. The molecule has 1 fully saturated rings. The standard InChI is InChI=1S/C21H20ClN3O2S/c1-27-17-13-18(15-5-3-2-4-6-15)28-20(17)21(26)25-11-9-24(10-12-25)19-8-7-16(22)14-23-19/h2-8,13-14H,9-12H2,1H3. The number of aromatic nitrogens is 1. The molecule has 1 aliphatic rings. The van der Waals surface area contributed by atoms with Crippen molar-refractivity contribution in [1.29, 1.82) is 0 Å². The summed E-state index contributed by atoms with van der Waals surface area (Å²) < 4.78 is 5.49. The summed E-state index contributed by atoms with van der Waals surface area (Å²) in [7, 11) is 1.61. The molecule has 1 aliphatic heterocycles. The van der Waals surface area contributed by atoms with Crippen molar-refractivity contribution in [3.8, 4) is 16.2 Å². The molecule has 28 heavy (non-hydrogen) atoms. The fourth-order valence-electron chi connectivity index (χ4n) is 3.26. The molecule has 5 nitrogen and oxygen atoms in total. The van der Waals surface area contributed by atoms with E-state index in [9.17, 15) is 4.79 Å². The summed E-state index contributed by atoms with van der Waals surface area (Å²) in [6, 6.07) is 15.7. The lowest BCUT2D eigenvalue weighted by atomic mass is 10.2. The van der Waals surface area contributed by atoms with Crippen LogP contribution in [0.4, 0.5) is 5.82 Å². The van der Waals surface area contributed by atoms with Crippen LogP contribution in [0.5, 0.6) is 5.75 Å². The number of halogens is 1. The third kappa shape index (κ3) is 3.84. The second kappa shape index (κ2) is 8.20. The van der Waals surface area contributed by atoms with Gasteiger partial charge in [-0.25, -0.2) is 4.98 Å². The van der Waals surface area contributed by atoms with E-state index in [1.54, 1.807) is 13.3 Å². The number of nitrogens with zero attached hydrogens (tertiary/aromatic N) is 3. The van der Waals surface area contributed by atoms with Gasteiger partial charge in [-0.05, 0) is 23.8 Å². The van der Waals surface area contributed by atoms with Gasteiger partial charge in [0.1, 0.15) is 16.4 Å². The first-order chi connectivity index (χ1) is 13.7. The van der Waals surface area contributed by atoms with Gasteiger partial charge in [-0.1, -0.05) is 41.9 Å². The topological polar surface area (TPSA) is 45.7 Å². The van der Waals surface area contributed by atoms with Crippen LogP contribution in [0.3, 0.4) is 0 Å². The molecule has 4 rings (SSSR count). The number of hydrogen-bond acceptors (Lipinski definition) is 5. The predicted molar refractivity (Wildman–Crippen MR) is 114 cm³/mol. The molecule has 144 valence electrons. The van der Waals surface area contributed by atoms with E-state index >= 15 is 0 Å². The summed E-state index contributed by atoms with van der Waals surface area (Å²) >= 11 is 7.39. The zero-order valence-electron chi connectivity index (χ0n) is 15.5. The Morgan fingerprint density at radius 3 is 2.50 bits per heavy atom. The average molecular weight is 414 g/mol. The fourth-order valence-corrected chi connectivity index (χ4v) is 4.47. The number of ether oxygens (including phenoxy) is 1. The van der Waals surface area contributed by atoms with Gasteiger partial charge in [0.25, 0.3) is 5.91 Å². The van der Waals surface area contributed by atoms with E-state index in [1.807, 2.05) is 53.4 Å². The Kier molecular flexibility index (Phi) is 5.50. The van der Waals surface area contributed by atoms with Crippen LogP contribution >= 0.6 is 22.9 Å². The molecule has 3 heterocycles. The number of amides is 1. The van der Waals surface area contributed by atoms with E-state index in [4.69, 9.17) is 16.3 Å². The quantitative estimate of drug-likeness (QED) is 0.634. The van der Waals surface area contributed by atoms with Crippen molar-refractivity contribution in [1.82, 2.24) is 9.88 Å². The molecule has 0 aliphatic carbocycles. The number of carbonyl (C=O) groups is 1.